The number of nitrogens with one attached hydrogen (secondary N) is 1. The van der Waals surface area contributed by atoms with E-state index in [1.807, 2.05) is 0 Å². The maximum Gasteiger partial charge on any atom is 0.339 e. The first-order valence-electron chi connectivity index (χ1n) is 9.04. The van der Waals surface area contributed by atoms with Gasteiger partial charge in [-0.1, -0.05) is 6.92 Å². The number of rotatable bonds is 5. The summed E-state index contributed by atoms with van der Waals surface area (Å²) in [5.74, 6) is -1.19. The lowest BCUT2D eigenvalue weighted by molar-refractivity contribution is -0.140. The molecular weight excluding hydrogens is 350 g/mol. The van der Waals surface area contributed by atoms with Crippen molar-refractivity contribution in [1.29, 1.82) is 0 Å². The summed E-state index contributed by atoms with van der Waals surface area (Å²) in [5, 5.41) is 2.86. The fourth-order valence-electron chi connectivity index (χ4n) is 3.43. The molecule has 1 aliphatic heterocycles. The zero-order valence-corrected chi connectivity index (χ0v) is 15.4. The number of nitrogens with zero attached hydrogens (tertiary/aromatic N) is 2. The zero-order chi connectivity index (χ0) is 19.6. The van der Waals surface area contributed by atoms with Gasteiger partial charge in [0.1, 0.15) is 12.3 Å². The Kier molecular flexibility index (Phi) is 5.43. The molecule has 2 aliphatic rings. The quantitative estimate of drug-likeness (QED) is 0.626. The number of urea groups is 1. The maximum absolute atomic E-state index is 12.6. The van der Waals surface area contributed by atoms with E-state index in [1.165, 1.54) is 19.2 Å². The van der Waals surface area contributed by atoms with Gasteiger partial charge in [0.15, 0.2) is 0 Å². The molecule has 8 heteroatoms. The molecule has 1 heterocycles. The van der Waals surface area contributed by atoms with Crippen LogP contribution in [-0.2, 0) is 14.4 Å². The minimum Gasteiger partial charge on any atom is -0.497 e. The van der Waals surface area contributed by atoms with Crippen LogP contribution in [0.5, 0.6) is 5.75 Å². The lowest BCUT2D eigenvalue weighted by Gasteiger charge is -2.27. The standard InChI is InChI=1S/C19H23N3O5/c1-12-3-5-13(6-4-12)20-16(23)11-21-17(24)18(25)22(19(21)26)14-7-9-15(27-2)10-8-14/h7-10,12-13H,3-6,11H2,1-2H3,(H,20,23). The van der Waals surface area contributed by atoms with Crippen LogP contribution in [0.2, 0.25) is 0 Å². The summed E-state index contributed by atoms with van der Waals surface area (Å²) in [7, 11) is 1.50. The van der Waals surface area contributed by atoms with Crippen LogP contribution in [0.3, 0.4) is 0 Å². The van der Waals surface area contributed by atoms with E-state index in [1.54, 1.807) is 12.1 Å². The van der Waals surface area contributed by atoms with Crippen molar-refractivity contribution in [3.05, 3.63) is 24.3 Å². The number of anilines is 1. The predicted octanol–water partition coefficient (Wildman–Crippen LogP) is 1.69. The number of hydrogen-bond donors (Lipinski definition) is 1. The molecule has 0 spiro atoms. The summed E-state index contributed by atoms with van der Waals surface area (Å²) < 4.78 is 5.04. The van der Waals surface area contributed by atoms with Crippen LogP contribution >= 0.6 is 0 Å². The summed E-state index contributed by atoms with van der Waals surface area (Å²) >= 11 is 0. The van der Waals surface area contributed by atoms with E-state index in [0.717, 1.165) is 30.6 Å². The van der Waals surface area contributed by atoms with E-state index < -0.39 is 30.3 Å². The molecule has 1 saturated carbocycles. The normalized spacial score (nSPS) is 23.0. The number of hydrogen-bond acceptors (Lipinski definition) is 5. The van der Waals surface area contributed by atoms with Crippen molar-refractivity contribution >= 4 is 29.4 Å². The van der Waals surface area contributed by atoms with Crippen molar-refractivity contribution in [2.24, 2.45) is 5.92 Å². The van der Waals surface area contributed by atoms with Gasteiger partial charge in [-0.2, -0.15) is 0 Å². The highest BCUT2D eigenvalue weighted by Crippen LogP contribution is 2.25. The Balaban J connectivity index is 1.65. The Morgan fingerprint density at radius 2 is 1.70 bits per heavy atom. The number of ether oxygens (including phenoxy) is 1. The molecule has 1 aromatic carbocycles. The van der Waals surface area contributed by atoms with E-state index in [2.05, 4.69) is 12.2 Å². The third-order valence-corrected chi connectivity index (χ3v) is 5.07. The number of amides is 5. The van der Waals surface area contributed by atoms with Gasteiger partial charge in [0.25, 0.3) is 0 Å². The Bertz CT molecular complexity index is 753. The third-order valence-electron chi connectivity index (χ3n) is 5.07. The first-order chi connectivity index (χ1) is 12.9. The number of carbonyl (C=O) groups excluding carboxylic acids is 4. The first kappa shape index (κ1) is 18.9. The van der Waals surface area contributed by atoms with Crippen molar-refractivity contribution in [3.8, 4) is 5.75 Å². The lowest BCUT2D eigenvalue weighted by atomic mass is 9.87. The van der Waals surface area contributed by atoms with Crippen LogP contribution in [0, 0.1) is 5.92 Å². The summed E-state index contributed by atoms with van der Waals surface area (Å²) in [6.45, 7) is 1.72. The number of methoxy groups -OCH3 is 1. The van der Waals surface area contributed by atoms with E-state index in [4.69, 9.17) is 4.74 Å². The predicted molar refractivity (Wildman–Crippen MR) is 97.2 cm³/mol. The van der Waals surface area contributed by atoms with Crippen LogP contribution in [0.1, 0.15) is 32.6 Å². The zero-order valence-electron chi connectivity index (χ0n) is 15.4. The van der Waals surface area contributed by atoms with Gasteiger partial charge in [-0.25, -0.2) is 14.6 Å². The average Bonchev–Trinajstić information content (AvgIpc) is 2.87. The van der Waals surface area contributed by atoms with Crippen molar-refractivity contribution < 1.29 is 23.9 Å². The second-order valence-electron chi connectivity index (χ2n) is 7.04. The Morgan fingerprint density at radius 1 is 1.07 bits per heavy atom. The molecule has 144 valence electrons. The van der Waals surface area contributed by atoms with Crippen LogP contribution in [0.15, 0.2) is 24.3 Å². The lowest BCUT2D eigenvalue weighted by Crippen LogP contribution is -2.45. The molecule has 0 unspecified atom stereocenters. The Hall–Kier alpha value is -2.90. The highest BCUT2D eigenvalue weighted by atomic mass is 16.5. The SMILES string of the molecule is COc1ccc(N2C(=O)C(=O)N(CC(=O)NC3CCC(C)CC3)C2=O)cc1. The van der Waals surface area contributed by atoms with Crippen molar-refractivity contribution in [2.75, 3.05) is 18.6 Å². The highest BCUT2D eigenvalue weighted by Gasteiger charge is 2.46. The molecule has 2 fully saturated rings. The van der Waals surface area contributed by atoms with Crippen LogP contribution in [0.25, 0.3) is 0 Å². The fourth-order valence-corrected chi connectivity index (χ4v) is 3.43. The second-order valence-corrected chi connectivity index (χ2v) is 7.04. The van der Waals surface area contributed by atoms with Crippen LogP contribution in [-0.4, -0.2) is 48.3 Å². The molecule has 1 aliphatic carbocycles. The molecular formula is C19H23N3O5. The van der Waals surface area contributed by atoms with Crippen LogP contribution < -0.4 is 15.0 Å². The molecule has 0 bridgehead atoms. The molecule has 1 saturated heterocycles. The summed E-state index contributed by atoms with van der Waals surface area (Å²) in [4.78, 5) is 50.7. The smallest absolute Gasteiger partial charge is 0.339 e. The van der Waals surface area contributed by atoms with E-state index in [0.29, 0.717) is 16.6 Å². The minimum absolute atomic E-state index is 0.0508. The van der Waals surface area contributed by atoms with Gasteiger partial charge >= 0.3 is 17.8 Å². The van der Waals surface area contributed by atoms with E-state index in [9.17, 15) is 19.2 Å². The van der Waals surface area contributed by atoms with Crippen LogP contribution in [0.4, 0.5) is 10.5 Å². The number of imide groups is 2. The van der Waals surface area contributed by atoms with Gasteiger partial charge in [0.05, 0.1) is 12.8 Å². The van der Waals surface area contributed by atoms with Crippen molar-refractivity contribution in [1.82, 2.24) is 10.2 Å². The van der Waals surface area contributed by atoms with E-state index in [-0.39, 0.29) is 11.7 Å². The van der Waals surface area contributed by atoms with Gasteiger partial charge in [-0.15, -0.1) is 0 Å². The molecule has 1 aromatic rings. The highest BCUT2D eigenvalue weighted by molar-refractivity contribution is 6.53. The summed E-state index contributed by atoms with van der Waals surface area (Å²) in [5.41, 5.74) is 0.253. The maximum atomic E-state index is 12.6. The molecule has 0 atom stereocenters. The minimum atomic E-state index is -0.997. The van der Waals surface area contributed by atoms with Crippen molar-refractivity contribution in [2.45, 2.75) is 38.6 Å². The first-order valence-corrected chi connectivity index (χ1v) is 9.04. The Morgan fingerprint density at radius 3 is 2.30 bits per heavy atom. The molecule has 8 nitrogen and oxygen atoms in total. The third kappa shape index (κ3) is 3.94. The topological polar surface area (TPSA) is 96.0 Å². The molecule has 0 radical (unpaired) electrons. The molecule has 5 amide bonds. The number of carbonyl (C=O) groups is 4. The number of benzene rings is 1. The summed E-state index contributed by atoms with van der Waals surface area (Å²) in [6, 6.07) is 5.42. The fraction of sp³-hybridized carbons (Fsp3) is 0.474. The molecule has 27 heavy (non-hydrogen) atoms. The van der Waals surface area contributed by atoms with E-state index >= 15 is 0 Å². The van der Waals surface area contributed by atoms with Gasteiger partial charge < -0.3 is 10.1 Å². The average molecular weight is 373 g/mol. The largest absolute Gasteiger partial charge is 0.497 e. The molecule has 3 rings (SSSR count). The summed E-state index contributed by atoms with van der Waals surface area (Å²) in [6.07, 6.45) is 3.84. The van der Waals surface area contributed by atoms with Gasteiger partial charge in [-0.3, -0.25) is 14.4 Å². The van der Waals surface area contributed by atoms with Gasteiger partial charge in [0.2, 0.25) is 5.91 Å². The van der Waals surface area contributed by atoms with Gasteiger partial charge in [0, 0.05) is 6.04 Å². The van der Waals surface area contributed by atoms with Crippen molar-refractivity contribution in [3.63, 3.8) is 0 Å². The van der Waals surface area contributed by atoms with Gasteiger partial charge in [-0.05, 0) is 55.9 Å². The molecule has 1 N–H and O–H groups in total. The molecule has 0 aromatic heterocycles. The second kappa shape index (κ2) is 7.77. The monoisotopic (exact) mass is 373 g/mol. The Labute approximate surface area is 157 Å².